The first-order valence-corrected chi connectivity index (χ1v) is 8.20. The van der Waals surface area contributed by atoms with Crippen LogP contribution in [0.5, 0.6) is 0 Å². The Hall–Kier alpha value is -0.120. The minimum absolute atomic E-state index is 0.0272. The molecule has 0 bridgehead atoms. The maximum Gasteiger partial charge on any atom is 0.0613 e. The largest absolute Gasteiger partial charge is 0.394 e. The van der Waals surface area contributed by atoms with Crippen LogP contribution in [-0.2, 0) is 0 Å². The Morgan fingerprint density at radius 1 is 1.37 bits per heavy atom. The quantitative estimate of drug-likeness (QED) is 0.712. The fraction of sp³-hybridized carbons (Fsp3) is 1.00. The van der Waals surface area contributed by atoms with E-state index in [9.17, 15) is 5.11 Å². The Kier molecular flexibility index (Phi) is 7.33. The van der Waals surface area contributed by atoms with Crippen molar-refractivity contribution in [3.63, 3.8) is 0 Å². The van der Waals surface area contributed by atoms with E-state index in [4.69, 9.17) is 0 Å². The fourth-order valence-electron chi connectivity index (χ4n) is 3.44. The van der Waals surface area contributed by atoms with Crippen molar-refractivity contribution >= 4 is 0 Å². The van der Waals surface area contributed by atoms with Crippen molar-refractivity contribution < 1.29 is 5.11 Å². The SMILES string of the molecule is CCNC1(CO)CCCC(N(CC)CC(C)CC)C1. The highest BCUT2D eigenvalue weighted by Crippen LogP contribution is 2.31. The second kappa shape index (κ2) is 8.23. The lowest BCUT2D eigenvalue weighted by Gasteiger charge is -2.45. The number of hydrogen-bond donors (Lipinski definition) is 2. The van der Waals surface area contributed by atoms with Gasteiger partial charge in [0.1, 0.15) is 0 Å². The molecule has 3 atom stereocenters. The molecule has 0 aromatic heterocycles. The van der Waals surface area contributed by atoms with Gasteiger partial charge in [-0.25, -0.2) is 0 Å². The molecule has 0 amide bonds. The number of likely N-dealkylation sites (N-methyl/N-ethyl adjacent to an activating group) is 1. The third-order valence-corrected chi connectivity index (χ3v) is 4.84. The topological polar surface area (TPSA) is 35.5 Å². The maximum atomic E-state index is 9.79. The molecule has 0 spiro atoms. The van der Waals surface area contributed by atoms with Gasteiger partial charge in [0.25, 0.3) is 0 Å². The third-order valence-electron chi connectivity index (χ3n) is 4.84. The number of aliphatic hydroxyl groups is 1. The van der Waals surface area contributed by atoms with Crippen LogP contribution in [0.3, 0.4) is 0 Å². The molecular formula is C16H34N2O. The van der Waals surface area contributed by atoms with E-state index in [1.165, 1.54) is 25.8 Å². The van der Waals surface area contributed by atoms with Crippen LogP contribution >= 0.6 is 0 Å². The summed E-state index contributed by atoms with van der Waals surface area (Å²) in [7, 11) is 0. The van der Waals surface area contributed by atoms with Crippen LogP contribution in [0.1, 0.15) is 59.8 Å². The zero-order chi connectivity index (χ0) is 14.3. The summed E-state index contributed by atoms with van der Waals surface area (Å²) in [4.78, 5) is 2.63. The van der Waals surface area contributed by atoms with Crippen LogP contribution in [0, 0.1) is 5.92 Å². The van der Waals surface area contributed by atoms with Crippen molar-refractivity contribution in [2.24, 2.45) is 5.92 Å². The summed E-state index contributed by atoms with van der Waals surface area (Å²) >= 11 is 0. The predicted molar refractivity (Wildman–Crippen MR) is 82.5 cm³/mol. The standard InChI is InChI=1S/C16H34N2O/c1-5-14(4)12-18(7-3)15-9-8-10-16(11-15,13-19)17-6-2/h14-15,17,19H,5-13H2,1-4H3. The van der Waals surface area contributed by atoms with Crippen LogP contribution in [0.4, 0.5) is 0 Å². The van der Waals surface area contributed by atoms with Gasteiger partial charge < -0.3 is 15.3 Å². The average molecular weight is 270 g/mol. The van der Waals surface area contributed by atoms with Crippen LogP contribution in [0.2, 0.25) is 0 Å². The molecule has 114 valence electrons. The molecule has 1 saturated carbocycles. The van der Waals surface area contributed by atoms with Gasteiger partial charge in [0.2, 0.25) is 0 Å². The number of hydrogen-bond acceptors (Lipinski definition) is 3. The van der Waals surface area contributed by atoms with Gasteiger partial charge in [-0.05, 0) is 44.7 Å². The van der Waals surface area contributed by atoms with E-state index in [1.54, 1.807) is 0 Å². The molecule has 1 rings (SSSR count). The number of rotatable bonds is 8. The zero-order valence-electron chi connectivity index (χ0n) is 13.4. The van der Waals surface area contributed by atoms with Gasteiger partial charge in [-0.3, -0.25) is 0 Å². The average Bonchev–Trinajstić information content (AvgIpc) is 2.45. The van der Waals surface area contributed by atoms with Crippen molar-refractivity contribution in [1.29, 1.82) is 0 Å². The van der Waals surface area contributed by atoms with Crippen molar-refractivity contribution in [3.05, 3.63) is 0 Å². The molecule has 3 nitrogen and oxygen atoms in total. The second-order valence-electron chi connectivity index (χ2n) is 6.32. The van der Waals surface area contributed by atoms with Crippen molar-refractivity contribution in [1.82, 2.24) is 10.2 Å². The van der Waals surface area contributed by atoms with Gasteiger partial charge in [-0.2, -0.15) is 0 Å². The van der Waals surface area contributed by atoms with Crippen molar-refractivity contribution in [2.45, 2.75) is 71.4 Å². The van der Waals surface area contributed by atoms with Gasteiger partial charge >= 0.3 is 0 Å². The van der Waals surface area contributed by atoms with Crippen molar-refractivity contribution in [2.75, 3.05) is 26.2 Å². The van der Waals surface area contributed by atoms with E-state index in [1.807, 2.05) is 0 Å². The Morgan fingerprint density at radius 3 is 2.63 bits per heavy atom. The Balaban J connectivity index is 2.65. The molecule has 0 aromatic rings. The molecular weight excluding hydrogens is 236 g/mol. The highest BCUT2D eigenvalue weighted by atomic mass is 16.3. The molecule has 0 aliphatic heterocycles. The van der Waals surface area contributed by atoms with Gasteiger partial charge in [0.05, 0.1) is 6.61 Å². The number of aliphatic hydroxyl groups excluding tert-OH is 1. The fourth-order valence-corrected chi connectivity index (χ4v) is 3.44. The summed E-state index contributed by atoms with van der Waals surface area (Å²) in [5, 5.41) is 13.3. The van der Waals surface area contributed by atoms with Crippen LogP contribution in [0.15, 0.2) is 0 Å². The lowest BCUT2D eigenvalue weighted by Crippen LogP contribution is -2.56. The molecule has 3 heteroatoms. The second-order valence-corrected chi connectivity index (χ2v) is 6.32. The van der Waals surface area contributed by atoms with E-state index in [0.717, 1.165) is 31.8 Å². The van der Waals surface area contributed by atoms with Crippen LogP contribution in [-0.4, -0.2) is 47.8 Å². The zero-order valence-corrected chi connectivity index (χ0v) is 13.4. The number of nitrogens with zero attached hydrogens (tertiary/aromatic N) is 1. The molecule has 0 aromatic carbocycles. The molecule has 1 fully saturated rings. The minimum atomic E-state index is -0.0272. The van der Waals surface area contributed by atoms with E-state index >= 15 is 0 Å². The Morgan fingerprint density at radius 2 is 2.11 bits per heavy atom. The molecule has 0 heterocycles. The van der Waals surface area contributed by atoms with Gasteiger partial charge in [-0.15, -0.1) is 0 Å². The third kappa shape index (κ3) is 4.73. The number of nitrogens with one attached hydrogen (secondary N) is 1. The summed E-state index contributed by atoms with van der Waals surface area (Å²) < 4.78 is 0. The van der Waals surface area contributed by atoms with E-state index < -0.39 is 0 Å². The Labute approximate surface area is 119 Å². The van der Waals surface area contributed by atoms with Crippen LogP contribution in [0.25, 0.3) is 0 Å². The summed E-state index contributed by atoms with van der Waals surface area (Å²) in [6, 6.07) is 0.638. The summed E-state index contributed by atoms with van der Waals surface area (Å²) in [6.07, 6.45) is 5.99. The van der Waals surface area contributed by atoms with Crippen molar-refractivity contribution in [3.8, 4) is 0 Å². The molecule has 19 heavy (non-hydrogen) atoms. The van der Waals surface area contributed by atoms with E-state index in [0.29, 0.717) is 6.04 Å². The van der Waals surface area contributed by atoms with Crippen LogP contribution < -0.4 is 5.32 Å². The lowest BCUT2D eigenvalue weighted by atomic mass is 9.78. The predicted octanol–water partition coefficient (Wildman–Crippen LogP) is 2.64. The molecule has 1 aliphatic carbocycles. The lowest BCUT2D eigenvalue weighted by molar-refractivity contribution is 0.0561. The normalized spacial score (nSPS) is 29.7. The highest BCUT2D eigenvalue weighted by molar-refractivity contribution is 4.96. The monoisotopic (exact) mass is 270 g/mol. The maximum absolute atomic E-state index is 9.79. The van der Waals surface area contributed by atoms with E-state index in [-0.39, 0.29) is 12.1 Å². The van der Waals surface area contributed by atoms with Gasteiger partial charge in [0, 0.05) is 18.1 Å². The molecule has 1 aliphatic rings. The molecule has 0 saturated heterocycles. The first-order chi connectivity index (χ1) is 9.10. The Bertz CT molecular complexity index is 243. The minimum Gasteiger partial charge on any atom is -0.394 e. The summed E-state index contributed by atoms with van der Waals surface area (Å²) in [5.41, 5.74) is -0.0272. The van der Waals surface area contributed by atoms with Gasteiger partial charge in [-0.1, -0.05) is 34.1 Å². The summed E-state index contributed by atoms with van der Waals surface area (Å²) in [6.45, 7) is 12.6. The highest BCUT2D eigenvalue weighted by Gasteiger charge is 2.37. The van der Waals surface area contributed by atoms with Gasteiger partial charge in [0.15, 0.2) is 0 Å². The first kappa shape index (κ1) is 16.9. The smallest absolute Gasteiger partial charge is 0.0613 e. The van der Waals surface area contributed by atoms with E-state index in [2.05, 4.69) is 37.9 Å². The molecule has 2 N–H and O–H groups in total. The summed E-state index contributed by atoms with van der Waals surface area (Å²) in [5.74, 6) is 0.768. The first-order valence-electron chi connectivity index (χ1n) is 8.20. The molecule has 0 radical (unpaired) electrons. The molecule has 3 unspecified atom stereocenters.